The molecular weight excluding hydrogens is 482 g/mol. The van der Waals surface area contributed by atoms with Gasteiger partial charge in [-0.2, -0.15) is 0 Å². The first-order chi connectivity index (χ1) is 16.9. The van der Waals surface area contributed by atoms with Crippen molar-refractivity contribution in [2.45, 2.75) is 124 Å². The summed E-state index contributed by atoms with van der Waals surface area (Å²) in [6.07, 6.45) is 1.68. The van der Waals surface area contributed by atoms with Crippen LogP contribution in [0.4, 0.5) is 0 Å². The molecule has 238 valence electrons. The van der Waals surface area contributed by atoms with E-state index in [0.29, 0.717) is 6.54 Å². The van der Waals surface area contributed by atoms with Crippen LogP contribution < -0.4 is 5.32 Å². The van der Waals surface area contributed by atoms with Crippen molar-refractivity contribution in [2.24, 2.45) is 0 Å². The Morgan fingerprint density at radius 2 is 0.658 bits per heavy atom. The van der Waals surface area contributed by atoms with E-state index in [0.717, 1.165) is 19.3 Å². The molecular formula is C29H73N5O4. The molecule has 0 heterocycles. The number of likely N-dealkylation sites (N-methyl/N-ethyl adjacent to an activating group) is 5. The van der Waals surface area contributed by atoms with Gasteiger partial charge in [-0.1, -0.05) is 28.2 Å². The van der Waals surface area contributed by atoms with E-state index in [-0.39, 0.29) is 56.0 Å². The van der Waals surface area contributed by atoms with Gasteiger partial charge in [0.05, 0.1) is 24.4 Å². The number of hydrogen-bond donors (Lipinski definition) is 5. The zero-order chi connectivity index (χ0) is 30.5. The molecule has 0 aromatic heterocycles. The molecule has 0 rings (SSSR count). The van der Waals surface area contributed by atoms with Crippen LogP contribution in [0.15, 0.2) is 0 Å². The lowest BCUT2D eigenvalue weighted by Gasteiger charge is -2.24. The fourth-order valence-corrected chi connectivity index (χ4v) is 2.78. The highest BCUT2D eigenvalue weighted by molar-refractivity contribution is 4.71. The van der Waals surface area contributed by atoms with E-state index >= 15 is 0 Å². The van der Waals surface area contributed by atoms with Gasteiger partial charge in [0, 0.05) is 30.7 Å². The highest BCUT2D eigenvalue weighted by Crippen LogP contribution is 2.03. The maximum atomic E-state index is 9.38. The Kier molecular flexibility index (Phi) is 35.2. The van der Waals surface area contributed by atoms with E-state index < -0.39 is 0 Å². The maximum absolute atomic E-state index is 9.38. The third-order valence-electron chi connectivity index (χ3n) is 7.15. The minimum Gasteiger partial charge on any atom is -0.392 e. The van der Waals surface area contributed by atoms with Crippen molar-refractivity contribution in [3.63, 3.8) is 0 Å². The SMILES string of the molecule is C.CC[C@@H](O)[C@@H](C)N(C)C.CC[C@@H](O)[C@H](C)N(C)C.CC[C@H](O)[C@H](C)N(C)C.CNCC(O)[C@@H](C)N(C)C. The van der Waals surface area contributed by atoms with Crippen molar-refractivity contribution in [3.05, 3.63) is 0 Å². The molecule has 0 aromatic rings. The molecule has 38 heavy (non-hydrogen) atoms. The quantitative estimate of drug-likeness (QED) is 0.234. The van der Waals surface area contributed by atoms with Crippen molar-refractivity contribution in [3.8, 4) is 0 Å². The molecule has 9 heteroatoms. The molecule has 0 aromatic carbocycles. The molecule has 0 saturated carbocycles. The van der Waals surface area contributed by atoms with Gasteiger partial charge < -0.3 is 45.3 Å². The average Bonchev–Trinajstić information content (AvgIpc) is 2.86. The summed E-state index contributed by atoms with van der Waals surface area (Å²) in [5, 5.41) is 40.1. The summed E-state index contributed by atoms with van der Waals surface area (Å²) in [7, 11) is 17.6. The van der Waals surface area contributed by atoms with Crippen molar-refractivity contribution >= 4 is 0 Å². The molecule has 8 atom stereocenters. The minimum absolute atomic E-state index is 0. The van der Waals surface area contributed by atoms with Gasteiger partial charge in [-0.05, 0) is 110 Å². The van der Waals surface area contributed by atoms with Gasteiger partial charge in [0.15, 0.2) is 0 Å². The Bertz CT molecular complexity index is 423. The fourth-order valence-electron chi connectivity index (χ4n) is 2.78. The van der Waals surface area contributed by atoms with Crippen LogP contribution in [0.3, 0.4) is 0 Å². The predicted molar refractivity (Wildman–Crippen MR) is 168 cm³/mol. The van der Waals surface area contributed by atoms with Gasteiger partial charge >= 0.3 is 0 Å². The first kappa shape index (κ1) is 47.4. The lowest BCUT2D eigenvalue weighted by Crippen LogP contribution is -2.41. The third-order valence-corrected chi connectivity index (χ3v) is 7.15. The van der Waals surface area contributed by atoms with Crippen molar-refractivity contribution in [2.75, 3.05) is 70.0 Å². The lowest BCUT2D eigenvalue weighted by molar-refractivity contribution is 0.0826. The summed E-state index contributed by atoms with van der Waals surface area (Å²) in [6.45, 7) is 14.7. The number of nitrogens with one attached hydrogen (secondary N) is 1. The number of hydrogen-bond acceptors (Lipinski definition) is 9. The van der Waals surface area contributed by atoms with E-state index in [2.05, 4.69) is 5.32 Å². The zero-order valence-corrected chi connectivity index (χ0v) is 27.5. The van der Waals surface area contributed by atoms with E-state index in [1.165, 1.54) is 0 Å². The van der Waals surface area contributed by atoms with Gasteiger partial charge in [-0.15, -0.1) is 0 Å². The first-order valence-corrected chi connectivity index (χ1v) is 13.9. The van der Waals surface area contributed by atoms with Crippen LogP contribution in [0.1, 0.15) is 75.2 Å². The molecule has 9 nitrogen and oxygen atoms in total. The maximum Gasteiger partial charge on any atom is 0.0816 e. The summed E-state index contributed by atoms with van der Waals surface area (Å²) in [5.41, 5.74) is 0. The van der Waals surface area contributed by atoms with Crippen LogP contribution >= 0.6 is 0 Å². The first-order valence-electron chi connectivity index (χ1n) is 13.9. The highest BCUT2D eigenvalue weighted by Gasteiger charge is 2.15. The van der Waals surface area contributed by atoms with Crippen LogP contribution in [0.5, 0.6) is 0 Å². The van der Waals surface area contributed by atoms with Crippen LogP contribution in [0, 0.1) is 0 Å². The molecule has 0 aliphatic rings. The number of rotatable bonds is 13. The van der Waals surface area contributed by atoms with Crippen molar-refractivity contribution < 1.29 is 20.4 Å². The third kappa shape index (κ3) is 25.9. The fraction of sp³-hybridized carbons (Fsp3) is 1.00. The number of nitrogens with zero attached hydrogens (tertiary/aromatic N) is 4. The van der Waals surface area contributed by atoms with Gasteiger partial charge in [-0.3, -0.25) is 0 Å². The Morgan fingerprint density at radius 3 is 0.763 bits per heavy atom. The standard InChI is InChI=1S/C7H18N2O.3C7H17NO.CH4/c1-6(9(3)4)7(10)5-8-2;3*1-5-7(9)6(2)8(3)4;/h6-8,10H,5H2,1-4H3;3*6-7,9H,5H2,1-4H3;1H4/t6-,7?;6-,7+;2*6-,7-;/m1010./s1. The van der Waals surface area contributed by atoms with Crippen LogP contribution in [-0.4, -0.2) is 159 Å². The summed E-state index contributed by atoms with van der Waals surface area (Å²) < 4.78 is 0. The smallest absolute Gasteiger partial charge is 0.0816 e. The molecule has 0 aliphatic heterocycles. The molecule has 0 saturated heterocycles. The van der Waals surface area contributed by atoms with Crippen molar-refractivity contribution in [1.29, 1.82) is 0 Å². The van der Waals surface area contributed by atoms with Crippen molar-refractivity contribution in [1.82, 2.24) is 24.9 Å². The summed E-state index contributed by atoms with van der Waals surface area (Å²) >= 11 is 0. The van der Waals surface area contributed by atoms with Crippen LogP contribution in [0.2, 0.25) is 0 Å². The van der Waals surface area contributed by atoms with Crippen LogP contribution in [-0.2, 0) is 0 Å². The second-order valence-corrected chi connectivity index (χ2v) is 10.9. The average molecular weight is 556 g/mol. The van der Waals surface area contributed by atoms with E-state index in [1.807, 2.05) is 131 Å². The molecule has 0 spiro atoms. The second-order valence-electron chi connectivity index (χ2n) is 10.9. The summed E-state index contributed by atoms with van der Waals surface area (Å²) in [6, 6.07) is 1.03. The monoisotopic (exact) mass is 556 g/mol. The number of aliphatic hydroxyl groups excluding tert-OH is 4. The Labute approximate surface area is 239 Å². The summed E-state index contributed by atoms with van der Waals surface area (Å²) in [5.74, 6) is 0. The molecule has 5 N–H and O–H groups in total. The largest absolute Gasteiger partial charge is 0.392 e. The topological polar surface area (TPSA) is 106 Å². The van der Waals surface area contributed by atoms with Gasteiger partial charge in [-0.25, -0.2) is 0 Å². The molecule has 0 radical (unpaired) electrons. The van der Waals surface area contributed by atoms with Gasteiger partial charge in [0.2, 0.25) is 0 Å². The Morgan fingerprint density at radius 1 is 0.474 bits per heavy atom. The lowest BCUT2D eigenvalue weighted by atomic mass is 10.1. The van der Waals surface area contributed by atoms with E-state index in [1.54, 1.807) is 0 Å². The molecule has 0 aliphatic carbocycles. The van der Waals surface area contributed by atoms with Gasteiger partial charge in [0.25, 0.3) is 0 Å². The van der Waals surface area contributed by atoms with Crippen LogP contribution in [0.25, 0.3) is 0 Å². The molecule has 0 fully saturated rings. The number of aliphatic hydroxyl groups is 4. The zero-order valence-electron chi connectivity index (χ0n) is 27.5. The predicted octanol–water partition coefficient (Wildman–Crippen LogP) is 2.28. The highest BCUT2D eigenvalue weighted by atomic mass is 16.3. The Hall–Kier alpha value is -0.360. The molecule has 1 unspecified atom stereocenters. The second kappa shape index (κ2) is 28.2. The van der Waals surface area contributed by atoms with E-state index in [9.17, 15) is 20.4 Å². The summed E-state index contributed by atoms with van der Waals surface area (Å²) in [4.78, 5) is 8.07. The molecule has 0 bridgehead atoms. The normalized spacial score (nSPS) is 17.4. The Balaban J connectivity index is -0.000000126. The molecule has 0 amide bonds. The van der Waals surface area contributed by atoms with Gasteiger partial charge in [0.1, 0.15) is 0 Å². The van der Waals surface area contributed by atoms with E-state index in [4.69, 9.17) is 0 Å². The minimum atomic E-state index is -0.278.